The molecular weight excluding hydrogens is 512 g/mol. The molecule has 2 saturated heterocycles. The molecule has 3 N–H and O–H groups in total. The first-order valence-electron chi connectivity index (χ1n) is 15.3. The summed E-state index contributed by atoms with van der Waals surface area (Å²) in [6, 6.07) is 0. The van der Waals surface area contributed by atoms with Crippen LogP contribution in [-0.2, 0) is 19.0 Å². The second-order valence-electron chi connectivity index (χ2n) is 13.4. The van der Waals surface area contributed by atoms with Gasteiger partial charge >= 0.3 is 0 Å². The SMILES string of the molecule is O=C(NCCO)[C@H]1O[C@@H](n2cnc3c(NCC45CC6CC(CC(C6)C4)C5)ncnc32)[C@@H]2OC3(CCCCC3)O[C@@H]21. The Morgan fingerprint density at radius 3 is 2.45 bits per heavy atom. The first-order valence-corrected chi connectivity index (χ1v) is 15.3. The van der Waals surface area contributed by atoms with Gasteiger partial charge in [0.2, 0.25) is 0 Å². The summed E-state index contributed by atoms with van der Waals surface area (Å²) in [4.78, 5) is 27.0. The fourth-order valence-corrected chi connectivity index (χ4v) is 9.40. The zero-order chi connectivity index (χ0) is 26.9. The van der Waals surface area contributed by atoms with Crippen molar-refractivity contribution < 1.29 is 24.1 Å². The number of anilines is 1. The molecule has 0 unspecified atom stereocenters. The largest absolute Gasteiger partial charge is 0.395 e. The van der Waals surface area contributed by atoms with Gasteiger partial charge in [-0.3, -0.25) is 9.36 Å². The Kier molecular flexibility index (Phi) is 6.09. The molecule has 4 heterocycles. The number of nitrogens with zero attached hydrogens (tertiary/aromatic N) is 4. The molecule has 5 aliphatic carbocycles. The van der Waals surface area contributed by atoms with Gasteiger partial charge in [-0.05, 0) is 74.5 Å². The molecular formula is C29H40N6O5. The summed E-state index contributed by atoms with van der Waals surface area (Å²) in [6.07, 6.45) is 13.9. The van der Waals surface area contributed by atoms with E-state index < -0.39 is 30.3 Å². The van der Waals surface area contributed by atoms with Gasteiger partial charge in [0.1, 0.15) is 18.5 Å². The van der Waals surface area contributed by atoms with Crippen LogP contribution in [0.5, 0.6) is 0 Å². The van der Waals surface area contributed by atoms with Crippen LogP contribution in [0.25, 0.3) is 11.2 Å². The van der Waals surface area contributed by atoms with Crippen molar-refractivity contribution in [1.29, 1.82) is 0 Å². The first kappa shape index (κ1) is 25.4. The smallest absolute Gasteiger partial charge is 0.252 e. The van der Waals surface area contributed by atoms with Crippen LogP contribution in [-0.4, -0.2) is 74.3 Å². The second-order valence-corrected chi connectivity index (χ2v) is 13.4. The van der Waals surface area contributed by atoms with Gasteiger partial charge in [-0.15, -0.1) is 0 Å². The number of carbonyl (C=O) groups excluding carboxylic acids is 1. The van der Waals surface area contributed by atoms with Crippen LogP contribution in [0.15, 0.2) is 12.7 Å². The zero-order valence-corrected chi connectivity index (χ0v) is 23.0. The van der Waals surface area contributed by atoms with Gasteiger partial charge in [0.25, 0.3) is 5.91 Å². The van der Waals surface area contributed by atoms with Gasteiger partial charge < -0.3 is 30.0 Å². The summed E-state index contributed by atoms with van der Waals surface area (Å²) in [5.74, 6) is 2.45. The number of hydrogen-bond donors (Lipinski definition) is 3. The van der Waals surface area contributed by atoms with E-state index in [-0.39, 0.29) is 19.1 Å². The lowest BCUT2D eigenvalue weighted by molar-refractivity contribution is -0.229. The van der Waals surface area contributed by atoms with Crippen LogP contribution >= 0.6 is 0 Å². The Balaban J connectivity index is 1.06. The number of rotatable bonds is 7. The van der Waals surface area contributed by atoms with Crippen LogP contribution in [0.2, 0.25) is 0 Å². The fraction of sp³-hybridized carbons (Fsp3) is 0.793. The Morgan fingerprint density at radius 2 is 1.73 bits per heavy atom. The average Bonchev–Trinajstić information content (AvgIpc) is 3.62. The topological polar surface area (TPSA) is 133 Å². The van der Waals surface area contributed by atoms with Gasteiger partial charge in [-0.25, -0.2) is 15.0 Å². The minimum Gasteiger partial charge on any atom is -0.395 e. The number of hydrogen-bond acceptors (Lipinski definition) is 9. The fourth-order valence-electron chi connectivity index (χ4n) is 9.40. The molecule has 216 valence electrons. The van der Waals surface area contributed by atoms with E-state index in [4.69, 9.17) is 19.2 Å². The highest BCUT2D eigenvalue weighted by Gasteiger charge is 2.61. The van der Waals surface area contributed by atoms with E-state index in [9.17, 15) is 9.90 Å². The Hall–Kier alpha value is -2.34. The van der Waals surface area contributed by atoms with Crippen molar-refractivity contribution in [3.63, 3.8) is 0 Å². The maximum Gasteiger partial charge on any atom is 0.252 e. The van der Waals surface area contributed by atoms with Crippen molar-refractivity contribution in [3.8, 4) is 0 Å². The first-order chi connectivity index (χ1) is 19.5. The third-order valence-electron chi connectivity index (χ3n) is 10.6. The highest BCUT2D eigenvalue weighted by atomic mass is 16.8. The van der Waals surface area contributed by atoms with E-state index >= 15 is 0 Å². The van der Waals surface area contributed by atoms with Crippen LogP contribution in [0, 0.1) is 23.2 Å². The number of aliphatic hydroxyl groups is 1. The normalized spacial score (nSPS) is 39.2. The number of carbonyl (C=O) groups is 1. The Morgan fingerprint density at radius 1 is 1.00 bits per heavy atom. The maximum absolute atomic E-state index is 13.1. The molecule has 40 heavy (non-hydrogen) atoms. The molecule has 11 heteroatoms. The van der Waals surface area contributed by atoms with Gasteiger partial charge in [0.05, 0.1) is 12.9 Å². The van der Waals surface area contributed by atoms with E-state index in [1.807, 2.05) is 4.57 Å². The summed E-state index contributed by atoms with van der Waals surface area (Å²) >= 11 is 0. The quantitative estimate of drug-likeness (QED) is 0.474. The van der Waals surface area contributed by atoms with Crippen LogP contribution in [0.1, 0.15) is 76.9 Å². The molecule has 7 fully saturated rings. The van der Waals surface area contributed by atoms with Gasteiger partial charge in [-0.2, -0.15) is 0 Å². The summed E-state index contributed by atoms with van der Waals surface area (Å²) in [5, 5.41) is 15.7. The minimum atomic E-state index is -0.851. The van der Waals surface area contributed by atoms with Crippen molar-refractivity contribution in [2.24, 2.45) is 23.2 Å². The number of ether oxygens (including phenoxy) is 3. The monoisotopic (exact) mass is 552 g/mol. The molecule has 5 saturated carbocycles. The maximum atomic E-state index is 13.1. The van der Waals surface area contributed by atoms with Crippen molar-refractivity contribution in [2.75, 3.05) is 25.0 Å². The average molecular weight is 553 g/mol. The molecule has 4 atom stereocenters. The molecule has 2 aromatic rings. The van der Waals surface area contributed by atoms with Gasteiger partial charge in [-0.1, -0.05) is 6.42 Å². The standard InChI is InChI=1S/C29H40N6O5/c36-7-6-30-26(37)22-21-23(40-29(39-21)4-2-1-3-5-29)27(38-22)35-16-34-20-24(32-15-33-25(20)35)31-14-28-11-17-8-18(12-28)10-19(9-17)13-28/h15-19,21-23,27,36H,1-14H2,(H,30,37)(H,31,32,33)/t17?,18?,19?,21-,22+,23-,27-,28?/m1/s1. The number of amides is 1. The van der Waals surface area contributed by atoms with E-state index in [0.717, 1.165) is 62.2 Å². The zero-order valence-electron chi connectivity index (χ0n) is 23.0. The highest BCUT2D eigenvalue weighted by molar-refractivity contribution is 5.83. The second kappa shape index (κ2) is 9.61. The molecule has 4 bridgehead atoms. The van der Waals surface area contributed by atoms with E-state index in [0.29, 0.717) is 16.6 Å². The molecule has 11 nitrogen and oxygen atoms in total. The molecule has 7 aliphatic rings. The van der Waals surface area contributed by atoms with E-state index in [2.05, 4.69) is 20.6 Å². The number of nitrogens with one attached hydrogen (secondary N) is 2. The van der Waals surface area contributed by atoms with Crippen molar-refractivity contribution >= 4 is 22.9 Å². The van der Waals surface area contributed by atoms with Crippen LogP contribution < -0.4 is 10.6 Å². The number of fused-ring (bicyclic) bond motifs is 2. The van der Waals surface area contributed by atoms with Crippen molar-refractivity contribution in [2.45, 2.75) is 101 Å². The predicted octanol–water partition coefficient (Wildman–Crippen LogP) is 2.90. The summed E-state index contributed by atoms with van der Waals surface area (Å²) in [5.41, 5.74) is 1.72. The van der Waals surface area contributed by atoms with Gasteiger partial charge in [0, 0.05) is 25.9 Å². The molecule has 2 aromatic heterocycles. The lowest BCUT2D eigenvalue weighted by atomic mass is 9.49. The number of imidazole rings is 1. The Labute approximate surface area is 233 Å². The third kappa shape index (κ3) is 4.15. The van der Waals surface area contributed by atoms with Crippen LogP contribution in [0.3, 0.4) is 0 Å². The van der Waals surface area contributed by atoms with Crippen LogP contribution in [0.4, 0.5) is 5.82 Å². The van der Waals surface area contributed by atoms with E-state index in [1.54, 1.807) is 12.7 Å². The van der Waals surface area contributed by atoms with E-state index in [1.165, 1.54) is 38.5 Å². The predicted molar refractivity (Wildman–Crippen MR) is 144 cm³/mol. The minimum absolute atomic E-state index is 0.139. The lowest BCUT2D eigenvalue weighted by Crippen LogP contribution is -2.49. The van der Waals surface area contributed by atoms with Crippen molar-refractivity contribution in [1.82, 2.24) is 24.8 Å². The molecule has 2 aliphatic heterocycles. The summed E-state index contributed by atoms with van der Waals surface area (Å²) in [6.45, 7) is 0.943. The van der Waals surface area contributed by atoms with Gasteiger partial charge in [0.15, 0.2) is 35.1 Å². The Bertz CT molecular complexity index is 1240. The number of aliphatic hydroxyl groups excluding tert-OH is 1. The summed E-state index contributed by atoms with van der Waals surface area (Å²) < 4.78 is 21.3. The lowest BCUT2D eigenvalue weighted by Gasteiger charge is -2.57. The molecule has 1 amide bonds. The molecule has 9 rings (SSSR count). The molecule has 0 aromatic carbocycles. The van der Waals surface area contributed by atoms with Crippen molar-refractivity contribution in [3.05, 3.63) is 12.7 Å². The molecule has 1 spiro atoms. The third-order valence-corrected chi connectivity index (χ3v) is 10.6. The summed E-state index contributed by atoms with van der Waals surface area (Å²) in [7, 11) is 0. The number of aromatic nitrogens is 4. The molecule has 0 radical (unpaired) electrons. The highest BCUT2D eigenvalue weighted by Crippen LogP contribution is 2.60.